The SMILES string of the molecule is COC(=O)C1=CC(=NOS(C)(=O)=O)CC(c2ccc(Cl)cc2)N1. The number of hydrogen-bond acceptors (Lipinski definition) is 7. The first-order valence-corrected chi connectivity index (χ1v) is 8.75. The molecule has 9 heteroatoms. The molecule has 1 aromatic rings. The molecular formula is C14H15ClN2O5S. The van der Waals surface area contributed by atoms with E-state index in [1.165, 1.54) is 13.2 Å². The van der Waals surface area contributed by atoms with Gasteiger partial charge in [0.15, 0.2) is 0 Å². The van der Waals surface area contributed by atoms with Crippen LogP contribution in [-0.2, 0) is 23.9 Å². The van der Waals surface area contributed by atoms with Gasteiger partial charge in [-0.1, -0.05) is 28.9 Å². The molecule has 0 saturated carbocycles. The first kappa shape index (κ1) is 17.3. The summed E-state index contributed by atoms with van der Waals surface area (Å²) in [6.07, 6.45) is 2.61. The quantitative estimate of drug-likeness (QED) is 0.651. The van der Waals surface area contributed by atoms with Crippen molar-refractivity contribution in [1.82, 2.24) is 5.32 Å². The summed E-state index contributed by atoms with van der Waals surface area (Å²) < 4.78 is 31.3. The third-order valence-corrected chi connectivity index (χ3v) is 3.62. The van der Waals surface area contributed by atoms with E-state index in [1.54, 1.807) is 24.3 Å². The maximum atomic E-state index is 11.8. The number of benzene rings is 1. The number of ether oxygens (including phenoxy) is 1. The molecule has 124 valence electrons. The number of carbonyl (C=O) groups is 1. The van der Waals surface area contributed by atoms with Crippen LogP contribution in [0.25, 0.3) is 0 Å². The Morgan fingerprint density at radius 3 is 2.57 bits per heavy atom. The van der Waals surface area contributed by atoms with Crippen LogP contribution < -0.4 is 5.32 Å². The lowest BCUT2D eigenvalue weighted by atomic mass is 9.97. The Morgan fingerprint density at radius 2 is 2.00 bits per heavy atom. The summed E-state index contributed by atoms with van der Waals surface area (Å²) in [6, 6.07) is 6.75. The molecule has 1 N–H and O–H groups in total. The van der Waals surface area contributed by atoms with E-state index in [4.69, 9.17) is 11.6 Å². The van der Waals surface area contributed by atoms with Crippen LogP contribution in [0.5, 0.6) is 0 Å². The van der Waals surface area contributed by atoms with Crippen molar-refractivity contribution in [3.05, 3.63) is 46.6 Å². The van der Waals surface area contributed by atoms with Crippen LogP contribution in [0.15, 0.2) is 41.2 Å². The molecular weight excluding hydrogens is 344 g/mol. The van der Waals surface area contributed by atoms with Gasteiger partial charge >= 0.3 is 16.1 Å². The topological polar surface area (TPSA) is 94.1 Å². The molecule has 7 nitrogen and oxygen atoms in total. The minimum atomic E-state index is -3.73. The number of nitrogens with zero attached hydrogens (tertiary/aromatic N) is 1. The van der Waals surface area contributed by atoms with Gasteiger partial charge in [0.1, 0.15) is 5.70 Å². The van der Waals surface area contributed by atoms with E-state index in [9.17, 15) is 13.2 Å². The normalized spacial score (nSPS) is 19.7. The third-order valence-electron chi connectivity index (χ3n) is 3.02. The largest absolute Gasteiger partial charge is 0.464 e. The summed E-state index contributed by atoms with van der Waals surface area (Å²) >= 11 is 5.86. The van der Waals surface area contributed by atoms with Crippen molar-refractivity contribution in [3.63, 3.8) is 0 Å². The molecule has 0 saturated heterocycles. The fraction of sp³-hybridized carbons (Fsp3) is 0.286. The molecule has 0 spiro atoms. The molecule has 1 aromatic carbocycles. The van der Waals surface area contributed by atoms with Crippen molar-refractivity contribution < 1.29 is 22.2 Å². The van der Waals surface area contributed by atoms with E-state index in [0.717, 1.165) is 11.8 Å². The summed E-state index contributed by atoms with van der Waals surface area (Å²) in [5, 5.41) is 7.20. The predicted octanol–water partition coefficient (Wildman–Crippen LogP) is 1.76. The van der Waals surface area contributed by atoms with Crippen LogP contribution in [0.3, 0.4) is 0 Å². The Bertz CT molecular complexity index is 756. The van der Waals surface area contributed by atoms with E-state index >= 15 is 0 Å². The lowest BCUT2D eigenvalue weighted by Crippen LogP contribution is -2.32. The van der Waals surface area contributed by atoms with Gasteiger partial charge in [-0.3, -0.25) is 4.28 Å². The van der Waals surface area contributed by atoms with Gasteiger partial charge in [0.05, 0.1) is 25.1 Å². The number of nitrogens with one attached hydrogen (secondary N) is 1. The average molecular weight is 359 g/mol. The molecule has 0 aliphatic carbocycles. The number of carbonyl (C=O) groups excluding carboxylic acids is 1. The van der Waals surface area contributed by atoms with Gasteiger partial charge in [-0.05, 0) is 23.8 Å². The summed E-state index contributed by atoms with van der Waals surface area (Å²) in [5.41, 5.74) is 1.32. The average Bonchev–Trinajstić information content (AvgIpc) is 2.52. The highest BCUT2D eigenvalue weighted by molar-refractivity contribution is 7.85. The second-order valence-corrected chi connectivity index (χ2v) is 6.86. The van der Waals surface area contributed by atoms with Gasteiger partial charge in [-0.15, -0.1) is 0 Å². The van der Waals surface area contributed by atoms with Crippen molar-refractivity contribution in [3.8, 4) is 0 Å². The predicted molar refractivity (Wildman–Crippen MR) is 85.4 cm³/mol. The Labute approximate surface area is 139 Å². The summed E-state index contributed by atoms with van der Waals surface area (Å²) in [6.45, 7) is 0. The van der Waals surface area contributed by atoms with Gasteiger partial charge in [0, 0.05) is 11.4 Å². The maximum absolute atomic E-state index is 11.8. The van der Waals surface area contributed by atoms with Crippen LogP contribution >= 0.6 is 11.6 Å². The number of methoxy groups -OCH3 is 1. The van der Waals surface area contributed by atoms with Gasteiger partial charge in [0.25, 0.3) is 0 Å². The Kier molecular flexibility index (Phi) is 5.27. The summed E-state index contributed by atoms with van der Waals surface area (Å²) in [7, 11) is -2.47. The highest BCUT2D eigenvalue weighted by atomic mass is 35.5. The number of allylic oxidation sites excluding steroid dienone is 1. The van der Waals surface area contributed by atoms with E-state index in [0.29, 0.717) is 17.2 Å². The summed E-state index contributed by atoms with van der Waals surface area (Å²) in [5.74, 6) is -0.587. The Hall–Kier alpha value is -2.06. The first-order valence-electron chi connectivity index (χ1n) is 6.56. The van der Waals surface area contributed by atoms with E-state index in [-0.39, 0.29) is 11.7 Å². The molecule has 23 heavy (non-hydrogen) atoms. The molecule has 1 unspecified atom stereocenters. The zero-order chi connectivity index (χ0) is 17.0. The number of hydrogen-bond donors (Lipinski definition) is 1. The molecule has 0 amide bonds. The fourth-order valence-electron chi connectivity index (χ4n) is 2.02. The molecule has 1 aliphatic rings. The zero-order valence-corrected chi connectivity index (χ0v) is 14.0. The first-order chi connectivity index (χ1) is 10.8. The fourth-order valence-corrected chi connectivity index (χ4v) is 2.38. The minimum Gasteiger partial charge on any atom is -0.464 e. The maximum Gasteiger partial charge on any atom is 0.354 e. The monoisotopic (exact) mass is 358 g/mol. The molecule has 0 radical (unpaired) electrons. The highest BCUT2D eigenvalue weighted by Gasteiger charge is 2.25. The van der Waals surface area contributed by atoms with Crippen molar-refractivity contribution in [2.45, 2.75) is 12.5 Å². The van der Waals surface area contributed by atoms with Crippen LogP contribution in [-0.4, -0.2) is 33.5 Å². The van der Waals surface area contributed by atoms with Crippen molar-refractivity contribution in [2.75, 3.05) is 13.4 Å². The smallest absolute Gasteiger partial charge is 0.354 e. The van der Waals surface area contributed by atoms with Crippen LogP contribution in [0.1, 0.15) is 18.0 Å². The van der Waals surface area contributed by atoms with Crippen LogP contribution in [0.2, 0.25) is 5.02 Å². The van der Waals surface area contributed by atoms with E-state index < -0.39 is 16.1 Å². The molecule has 1 aliphatic heterocycles. The molecule has 0 aromatic heterocycles. The molecule has 1 atom stereocenters. The van der Waals surface area contributed by atoms with Crippen LogP contribution in [0, 0.1) is 0 Å². The van der Waals surface area contributed by atoms with Gasteiger partial charge < -0.3 is 10.1 Å². The van der Waals surface area contributed by atoms with Crippen molar-refractivity contribution in [2.24, 2.45) is 5.16 Å². The van der Waals surface area contributed by atoms with Gasteiger partial charge in [-0.25, -0.2) is 4.79 Å². The molecule has 0 bridgehead atoms. The lowest BCUT2D eigenvalue weighted by Gasteiger charge is -2.25. The number of esters is 1. The standard InChI is InChI=1S/C14H15ClN2O5S/c1-21-14(18)13-8-11(17-22-23(2,19)20)7-12(16-13)9-3-5-10(15)6-4-9/h3-6,8,12,16H,7H2,1-2H3. The zero-order valence-electron chi connectivity index (χ0n) is 12.4. The molecule has 2 rings (SSSR count). The van der Waals surface area contributed by atoms with E-state index in [1.807, 2.05) is 0 Å². The number of halogens is 1. The number of rotatable bonds is 4. The Balaban J connectivity index is 2.32. The van der Waals surface area contributed by atoms with Gasteiger partial charge in [0.2, 0.25) is 0 Å². The molecule has 1 heterocycles. The van der Waals surface area contributed by atoms with Crippen LogP contribution in [0.4, 0.5) is 0 Å². The van der Waals surface area contributed by atoms with E-state index in [2.05, 4.69) is 19.5 Å². The Morgan fingerprint density at radius 1 is 1.35 bits per heavy atom. The molecule has 0 fully saturated rings. The van der Waals surface area contributed by atoms with Crippen molar-refractivity contribution in [1.29, 1.82) is 0 Å². The second kappa shape index (κ2) is 7.01. The second-order valence-electron chi connectivity index (χ2n) is 4.86. The third kappa shape index (κ3) is 4.97. The number of oxime groups is 1. The lowest BCUT2D eigenvalue weighted by molar-refractivity contribution is -0.136. The van der Waals surface area contributed by atoms with Gasteiger partial charge in [-0.2, -0.15) is 8.42 Å². The van der Waals surface area contributed by atoms with Crippen molar-refractivity contribution >= 4 is 33.4 Å². The summed E-state index contributed by atoms with van der Waals surface area (Å²) in [4.78, 5) is 11.8. The highest BCUT2D eigenvalue weighted by Crippen LogP contribution is 2.25. The minimum absolute atomic E-state index is 0.162.